The van der Waals surface area contributed by atoms with Crippen LogP contribution < -0.4 is 0 Å². The molecule has 0 aliphatic rings. The van der Waals surface area contributed by atoms with Gasteiger partial charge in [0.15, 0.2) is 6.10 Å². The summed E-state index contributed by atoms with van der Waals surface area (Å²) in [5.41, 5.74) is 0. The monoisotopic (exact) mass is 1100 g/mol. The second-order valence-electron chi connectivity index (χ2n) is 20.5. The highest BCUT2D eigenvalue weighted by molar-refractivity contribution is 5.71. The van der Waals surface area contributed by atoms with Crippen LogP contribution in [0.5, 0.6) is 0 Å². The second kappa shape index (κ2) is 66.3. The van der Waals surface area contributed by atoms with E-state index in [0.29, 0.717) is 19.3 Å². The molecule has 0 saturated carbocycles. The van der Waals surface area contributed by atoms with Crippen molar-refractivity contribution < 1.29 is 28.6 Å². The van der Waals surface area contributed by atoms with Crippen LogP contribution in [0.25, 0.3) is 0 Å². The first kappa shape index (κ1) is 74.8. The largest absolute Gasteiger partial charge is 0.462 e. The molecule has 0 saturated heterocycles. The first-order chi connectivity index (χ1) is 39.5. The molecule has 0 aliphatic carbocycles. The molecule has 1 unspecified atom stereocenters. The van der Waals surface area contributed by atoms with Crippen LogP contribution in [-0.2, 0) is 28.6 Å². The molecule has 1 atom stereocenters. The van der Waals surface area contributed by atoms with Crippen molar-refractivity contribution in [3.8, 4) is 0 Å². The maximum Gasteiger partial charge on any atom is 0.306 e. The number of rotatable bonds is 56. The summed E-state index contributed by atoms with van der Waals surface area (Å²) in [6.07, 6.45) is 98.0. The van der Waals surface area contributed by atoms with Gasteiger partial charge in [-0.25, -0.2) is 0 Å². The van der Waals surface area contributed by atoms with Crippen LogP contribution in [0.15, 0.2) is 170 Å². The van der Waals surface area contributed by atoms with Crippen molar-refractivity contribution in [3.63, 3.8) is 0 Å². The molecule has 0 fully saturated rings. The Bertz CT molecular complexity index is 1840. The average Bonchev–Trinajstić information content (AvgIpc) is 3.46. The van der Waals surface area contributed by atoms with Gasteiger partial charge in [0, 0.05) is 19.3 Å². The summed E-state index contributed by atoms with van der Waals surface area (Å²) in [7, 11) is 0. The van der Waals surface area contributed by atoms with Gasteiger partial charge in [0.1, 0.15) is 13.2 Å². The van der Waals surface area contributed by atoms with E-state index in [1.54, 1.807) is 0 Å². The fraction of sp³-hybridized carbons (Fsp3) is 0.581. The first-order valence-corrected chi connectivity index (χ1v) is 32.1. The van der Waals surface area contributed by atoms with E-state index in [1.807, 2.05) is 12.2 Å². The third-order valence-electron chi connectivity index (χ3n) is 12.9. The van der Waals surface area contributed by atoms with Crippen LogP contribution in [0.2, 0.25) is 0 Å². The fourth-order valence-corrected chi connectivity index (χ4v) is 8.21. The highest BCUT2D eigenvalue weighted by Gasteiger charge is 2.19. The lowest BCUT2D eigenvalue weighted by molar-refractivity contribution is -0.166. The average molecular weight is 1100 g/mol. The Morgan fingerprint density at radius 1 is 0.263 bits per heavy atom. The molecule has 6 heteroatoms. The lowest BCUT2D eigenvalue weighted by atomic mass is 10.1. The van der Waals surface area contributed by atoms with Crippen molar-refractivity contribution >= 4 is 17.9 Å². The van der Waals surface area contributed by atoms with Crippen molar-refractivity contribution in [2.45, 2.75) is 264 Å². The molecule has 0 N–H and O–H groups in total. The quantitative estimate of drug-likeness (QED) is 0.0261. The van der Waals surface area contributed by atoms with Gasteiger partial charge in [-0.05, 0) is 141 Å². The molecule has 0 amide bonds. The van der Waals surface area contributed by atoms with E-state index in [9.17, 15) is 14.4 Å². The highest BCUT2D eigenvalue weighted by Crippen LogP contribution is 2.14. The third-order valence-corrected chi connectivity index (χ3v) is 12.9. The Labute approximate surface area is 492 Å². The van der Waals surface area contributed by atoms with Crippen molar-refractivity contribution in [3.05, 3.63) is 170 Å². The van der Waals surface area contributed by atoms with E-state index >= 15 is 0 Å². The molecular formula is C74H116O6. The number of hydrogen-bond donors (Lipinski definition) is 0. The Morgan fingerprint density at radius 3 is 0.825 bits per heavy atom. The number of hydrogen-bond acceptors (Lipinski definition) is 6. The number of carbonyl (C=O) groups excluding carboxylic acids is 3. The van der Waals surface area contributed by atoms with E-state index in [1.165, 1.54) is 70.6 Å². The Balaban J connectivity index is 4.39. The molecule has 448 valence electrons. The predicted octanol–water partition coefficient (Wildman–Crippen LogP) is 22.3. The minimum absolute atomic E-state index is 0.121. The summed E-state index contributed by atoms with van der Waals surface area (Å²) in [5, 5.41) is 0. The van der Waals surface area contributed by atoms with Gasteiger partial charge in [0.25, 0.3) is 0 Å². The van der Waals surface area contributed by atoms with Gasteiger partial charge in [-0.1, -0.05) is 268 Å². The van der Waals surface area contributed by atoms with Gasteiger partial charge in [0.2, 0.25) is 0 Å². The summed E-state index contributed by atoms with van der Waals surface area (Å²) in [5.74, 6) is -1.03. The number of unbranched alkanes of at least 4 members (excludes halogenated alkanes) is 17. The molecule has 0 aromatic heterocycles. The van der Waals surface area contributed by atoms with Gasteiger partial charge in [-0.15, -0.1) is 0 Å². The molecule has 6 nitrogen and oxygen atoms in total. The van der Waals surface area contributed by atoms with Crippen LogP contribution in [0.3, 0.4) is 0 Å². The predicted molar refractivity (Wildman–Crippen MR) is 348 cm³/mol. The minimum atomic E-state index is -0.833. The van der Waals surface area contributed by atoms with Gasteiger partial charge in [-0.3, -0.25) is 14.4 Å². The van der Waals surface area contributed by atoms with E-state index in [2.05, 4.69) is 179 Å². The van der Waals surface area contributed by atoms with Crippen molar-refractivity contribution in [1.82, 2.24) is 0 Å². The van der Waals surface area contributed by atoms with E-state index in [0.717, 1.165) is 141 Å². The number of ether oxygens (including phenoxy) is 3. The van der Waals surface area contributed by atoms with E-state index in [-0.39, 0.29) is 31.6 Å². The molecule has 0 aromatic rings. The molecule has 0 bridgehead atoms. The van der Waals surface area contributed by atoms with Crippen LogP contribution in [0.4, 0.5) is 0 Å². The number of carbonyl (C=O) groups is 3. The Hall–Kier alpha value is -5.23. The minimum Gasteiger partial charge on any atom is -0.462 e. The summed E-state index contributed by atoms with van der Waals surface area (Å²) in [6, 6.07) is 0. The Kier molecular flexibility index (Phi) is 61.9. The zero-order valence-electron chi connectivity index (χ0n) is 51.3. The van der Waals surface area contributed by atoms with Crippen LogP contribution in [-0.4, -0.2) is 37.2 Å². The smallest absolute Gasteiger partial charge is 0.306 e. The normalized spacial score (nSPS) is 13.3. The molecule has 0 spiro atoms. The topological polar surface area (TPSA) is 78.9 Å². The molecule has 0 heterocycles. The van der Waals surface area contributed by atoms with Crippen LogP contribution >= 0.6 is 0 Å². The zero-order chi connectivity index (χ0) is 57.8. The first-order valence-electron chi connectivity index (χ1n) is 32.1. The molecule has 0 aliphatic heterocycles. The Morgan fingerprint density at radius 2 is 0.512 bits per heavy atom. The molecular weight excluding hydrogens is 985 g/mol. The summed E-state index contributed by atoms with van der Waals surface area (Å²) >= 11 is 0. The van der Waals surface area contributed by atoms with Crippen LogP contribution in [0.1, 0.15) is 258 Å². The maximum atomic E-state index is 12.9. The summed E-state index contributed by atoms with van der Waals surface area (Å²) in [4.78, 5) is 38.2. The van der Waals surface area contributed by atoms with Gasteiger partial charge >= 0.3 is 17.9 Å². The standard InChI is InChI=1S/C74H116O6/c1-4-7-10-13-16-19-22-25-27-29-31-32-33-34-35-36-37-38-39-40-41-42-44-45-47-49-52-55-58-61-64-67-73(76)79-70-71(69-78-72(75)66-63-60-57-54-51-24-21-18-15-12-9-6-3)80-74(77)68-65-62-59-56-53-50-48-46-43-30-28-26-23-20-17-14-11-8-5-2/h7-8,10-11,16-21,25-28,31-32,34-35,37-38,40-41,43,46,50,53,59,62,71H,4-6,9,12-15,22-24,29-30,33,36,39,42,44-45,47-49,51-52,54-58,60-61,63-70H2,1-3H3/b10-7-,11-8-,19-16-,20-17-,21-18-,27-25-,28-26-,32-31-,35-34-,38-37-,41-40-,46-43-,53-50-,62-59-. The van der Waals surface area contributed by atoms with E-state index < -0.39 is 12.1 Å². The molecule has 80 heavy (non-hydrogen) atoms. The van der Waals surface area contributed by atoms with Crippen molar-refractivity contribution in [2.75, 3.05) is 13.2 Å². The van der Waals surface area contributed by atoms with Gasteiger partial charge < -0.3 is 14.2 Å². The lowest BCUT2D eigenvalue weighted by Gasteiger charge is -2.18. The summed E-state index contributed by atoms with van der Waals surface area (Å²) in [6.45, 7) is 6.30. The molecule has 0 aromatic carbocycles. The lowest BCUT2D eigenvalue weighted by Crippen LogP contribution is -2.30. The molecule has 0 rings (SSSR count). The number of allylic oxidation sites excluding steroid dienone is 28. The van der Waals surface area contributed by atoms with Gasteiger partial charge in [0.05, 0.1) is 0 Å². The number of esters is 3. The zero-order valence-corrected chi connectivity index (χ0v) is 51.3. The third kappa shape index (κ3) is 63.6. The second-order valence-corrected chi connectivity index (χ2v) is 20.5. The van der Waals surface area contributed by atoms with E-state index in [4.69, 9.17) is 14.2 Å². The fourth-order valence-electron chi connectivity index (χ4n) is 8.21. The van der Waals surface area contributed by atoms with Crippen molar-refractivity contribution in [2.24, 2.45) is 0 Å². The van der Waals surface area contributed by atoms with Gasteiger partial charge in [-0.2, -0.15) is 0 Å². The summed E-state index contributed by atoms with van der Waals surface area (Å²) < 4.78 is 16.8. The van der Waals surface area contributed by atoms with Crippen LogP contribution in [0, 0.1) is 0 Å². The SMILES string of the molecule is CC/C=C\C/C=C\C/C=C\C/C=C\C/C=C\C/C=C\C/C=C\CCCCCCCCCCCC(=O)OCC(COC(=O)CCCCCCC/C=C\CCCCC)OC(=O)CC/C=C\C/C=C\C/C=C\C/C=C\C/C=C\C/C=C\CC. The molecule has 0 radical (unpaired) electrons. The maximum absolute atomic E-state index is 12.9. The van der Waals surface area contributed by atoms with Crippen molar-refractivity contribution in [1.29, 1.82) is 0 Å². The highest BCUT2D eigenvalue weighted by atomic mass is 16.6.